The van der Waals surface area contributed by atoms with E-state index in [0.29, 0.717) is 6.42 Å². The van der Waals surface area contributed by atoms with Gasteiger partial charge < -0.3 is 10.1 Å². The van der Waals surface area contributed by atoms with E-state index < -0.39 is 20.7 Å². The fourth-order valence-corrected chi connectivity index (χ4v) is 4.86. The quantitative estimate of drug-likeness (QED) is 0.745. The molecule has 1 aliphatic rings. The molecule has 0 spiro atoms. The van der Waals surface area contributed by atoms with Gasteiger partial charge in [-0.05, 0) is 30.2 Å². The minimum Gasteiger partial charge on any atom is -0.379 e. The molecule has 1 aliphatic heterocycles. The maximum atomic E-state index is 14.4. The number of carbonyl (C=O) groups excluding carboxylic acids is 1. The van der Waals surface area contributed by atoms with Crippen molar-refractivity contribution in [3.8, 4) is 0 Å². The van der Waals surface area contributed by atoms with Crippen molar-refractivity contribution in [3.63, 3.8) is 0 Å². The summed E-state index contributed by atoms with van der Waals surface area (Å²) in [6.45, 7) is 2.88. The molecular weight excluding hydrogens is 395 g/mol. The van der Waals surface area contributed by atoms with Crippen LogP contribution in [-0.4, -0.2) is 44.9 Å². The summed E-state index contributed by atoms with van der Waals surface area (Å²) in [6, 6.07) is 13.0. The second-order valence-corrected chi connectivity index (χ2v) is 8.81. The molecule has 6 nitrogen and oxygen atoms in total. The van der Waals surface area contributed by atoms with Crippen LogP contribution in [-0.2, 0) is 19.6 Å². The summed E-state index contributed by atoms with van der Waals surface area (Å²) in [5.41, 5.74) is 1.13. The first-order chi connectivity index (χ1) is 13.9. The standard InChI is InChI=1S/C21H25FN2O4S/c1-2-6-18(16-7-4-3-5-8-16)21(25)23-17-9-10-19(22)20(15-17)29(26,27)24-11-13-28-14-12-24/h3-5,7-10,15,18H,2,6,11-14H2,1H3,(H,23,25). The maximum absolute atomic E-state index is 14.4. The molecule has 3 rings (SSSR count). The summed E-state index contributed by atoms with van der Waals surface area (Å²) in [4.78, 5) is 12.4. The van der Waals surface area contributed by atoms with E-state index in [1.807, 2.05) is 37.3 Å². The number of rotatable bonds is 7. The monoisotopic (exact) mass is 420 g/mol. The van der Waals surface area contributed by atoms with Crippen molar-refractivity contribution < 1.29 is 22.3 Å². The first kappa shape index (κ1) is 21.4. The van der Waals surface area contributed by atoms with Gasteiger partial charge in [0.2, 0.25) is 15.9 Å². The molecule has 0 radical (unpaired) electrons. The molecule has 0 saturated carbocycles. The van der Waals surface area contributed by atoms with Gasteiger partial charge in [-0.15, -0.1) is 0 Å². The molecule has 0 bridgehead atoms. The average molecular weight is 421 g/mol. The van der Waals surface area contributed by atoms with E-state index in [4.69, 9.17) is 4.74 Å². The van der Waals surface area contributed by atoms with E-state index in [2.05, 4.69) is 5.32 Å². The molecule has 0 aliphatic carbocycles. The molecule has 1 unspecified atom stereocenters. The largest absolute Gasteiger partial charge is 0.379 e. The molecule has 1 heterocycles. The van der Waals surface area contributed by atoms with Gasteiger partial charge in [-0.25, -0.2) is 12.8 Å². The topological polar surface area (TPSA) is 75.7 Å². The molecule has 1 amide bonds. The van der Waals surface area contributed by atoms with Gasteiger partial charge in [-0.1, -0.05) is 43.7 Å². The zero-order valence-electron chi connectivity index (χ0n) is 16.3. The summed E-state index contributed by atoms with van der Waals surface area (Å²) in [7, 11) is -4.01. The Hall–Kier alpha value is -2.29. The maximum Gasteiger partial charge on any atom is 0.246 e. The molecule has 1 fully saturated rings. The number of benzene rings is 2. The third kappa shape index (κ3) is 5.01. The van der Waals surface area contributed by atoms with Gasteiger partial charge >= 0.3 is 0 Å². The van der Waals surface area contributed by atoms with Gasteiger partial charge in [0.15, 0.2) is 0 Å². The first-order valence-electron chi connectivity index (χ1n) is 9.66. The zero-order valence-corrected chi connectivity index (χ0v) is 17.1. The number of anilines is 1. The molecule has 1 saturated heterocycles. The second-order valence-electron chi connectivity index (χ2n) is 6.90. The average Bonchev–Trinajstić information content (AvgIpc) is 2.74. The number of nitrogens with one attached hydrogen (secondary N) is 1. The summed E-state index contributed by atoms with van der Waals surface area (Å²) < 4.78 is 46.4. The smallest absolute Gasteiger partial charge is 0.246 e. The van der Waals surface area contributed by atoms with E-state index in [9.17, 15) is 17.6 Å². The Morgan fingerprint density at radius 1 is 1.17 bits per heavy atom. The fraction of sp³-hybridized carbons (Fsp3) is 0.381. The van der Waals surface area contributed by atoms with E-state index in [-0.39, 0.29) is 43.8 Å². The Kier molecular flexibility index (Phi) is 7.00. The van der Waals surface area contributed by atoms with E-state index >= 15 is 0 Å². The van der Waals surface area contributed by atoms with Crippen LogP contribution < -0.4 is 5.32 Å². The van der Waals surface area contributed by atoms with Crippen molar-refractivity contribution in [2.45, 2.75) is 30.6 Å². The highest BCUT2D eigenvalue weighted by atomic mass is 32.2. The van der Waals surface area contributed by atoms with Crippen molar-refractivity contribution in [2.75, 3.05) is 31.6 Å². The van der Waals surface area contributed by atoms with Crippen LogP contribution in [0.5, 0.6) is 0 Å². The number of morpholine rings is 1. The molecule has 8 heteroatoms. The Bertz CT molecular complexity index is 944. The van der Waals surface area contributed by atoms with Crippen molar-refractivity contribution in [2.24, 2.45) is 0 Å². The van der Waals surface area contributed by atoms with Crippen LogP contribution in [0.2, 0.25) is 0 Å². The van der Waals surface area contributed by atoms with Crippen molar-refractivity contribution in [1.82, 2.24) is 4.31 Å². The lowest BCUT2D eigenvalue weighted by atomic mass is 9.93. The molecule has 0 aromatic heterocycles. The van der Waals surface area contributed by atoms with Gasteiger partial charge in [0, 0.05) is 18.8 Å². The Morgan fingerprint density at radius 3 is 2.52 bits per heavy atom. The van der Waals surface area contributed by atoms with Crippen LogP contribution in [0.25, 0.3) is 0 Å². The summed E-state index contributed by atoms with van der Waals surface area (Å²) in [6.07, 6.45) is 1.46. The van der Waals surface area contributed by atoms with Crippen LogP contribution in [0.3, 0.4) is 0 Å². The van der Waals surface area contributed by atoms with Crippen LogP contribution in [0.4, 0.5) is 10.1 Å². The fourth-order valence-electron chi connectivity index (χ4n) is 3.36. The van der Waals surface area contributed by atoms with Crippen LogP contribution in [0.1, 0.15) is 31.2 Å². The predicted molar refractivity (Wildman–Crippen MR) is 109 cm³/mol. The third-order valence-corrected chi connectivity index (χ3v) is 6.80. The van der Waals surface area contributed by atoms with Gasteiger partial charge in [0.25, 0.3) is 0 Å². The van der Waals surface area contributed by atoms with Gasteiger partial charge in [0.1, 0.15) is 10.7 Å². The summed E-state index contributed by atoms with van der Waals surface area (Å²) in [5, 5.41) is 2.75. The second kappa shape index (κ2) is 9.47. The highest BCUT2D eigenvalue weighted by molar-refractivity contribution is 7.89. The van der Waals surface area contributed by atoms with Crippen LogP contribution >= 0.6 is 0 Å². The number of sulfonamides is 1. The van der Waals surface area contributed by atoms with E-state index in [1.54, 1.807) is 0 Å². The Labute approximate surface area is 170 Å². The van der Waals surface area contributed by atoms with Crippen molar-refractivity contribution in [1.29, 1.82) is 0 Å². The number of nitrogens with zero attached hydrogens (tertiary/aromatic N) is 1. The number of hydrogen-bond acceptors (Lipinski definition) is 4. The Morgan fingerprint density at radius 2 is 1.86 bits per heavy atom. The molecule has 1 N–H and O–H groups in total. The normalized spacial score (nSPS) is 16.3. The zero-order chi connectivity index (χ0) is 20.9. The predicted octanol–water partition coefficient (Wildman–Crippen LogP) is 3.37. The van der Waals surface area contributed by atoms with Gasteiger partial charge in [-0.3, -0.25) is 4.79 Å². The minimum absolute atomic E-state index is 0.172. The molecule has 29 heavy (non-hydrogen) atoms. The van der Waals surface area contributed by atoms with Crippen LogP contribution in [0.15, 0.2) is 53.4 Å². The lowest BCUT2D eigenvalue weighted by Gasteiger charge is -2.26. The van der Waals surface area contributed by atoms with Gasteiger partial charge in [0.05, 0.1) is 19.1 Å². The molecule has 1 atom stereocenters. The van der Waals surface area contributed by atoms with Gasteiger partial charge in [-0.2, -0.15) is 4.31 Å². The van der Waals surface area contributed by atoms with E-state index in [0.717, 1.165) is 18.1 Å². The third-order valence-electron chi connectivity index (χ3n) is 4.88. The van der Waals surface area contributed by atoms with Crippen molar-refractivity contribution >= 4 is 21.6 Å². The Balaban J connectivity index is 1.84. The lowest BCUT2D eigenvalue weighted by molar-refractivity contribution is -0.117. The highest BCUT2D eigenvalue weighted by Gasteiger charge is 2.29. The molecule has 156 valence electrons. The number of amides is 1. The first-order valence-corrected chi connectivity index (χ1v) is 11.1. The lowest BCUT2D eigenvalue weighted by Crippen LogP contribution is -2.40. The van der Waals surface area contributed by atoms with Crippen molar-refractivity contribution in [3.05, 3.63) is 59.9 Å². The number of hydrogen-bond donors (Lipinski definition) is 1. The SMILES string of the molecule is CCCC(C(=O)Nc1ccc(F)c(S(=O)(=O)N2CCOCC2)c1)c1ccccc1. The summed E-state index contributed by atoms with van der Waals surface area (Å²) >= 11 is 0. The highest BCUT2D eigenvalue weighted by Crippen LogP contribution is 2.26. The number of carbonyl (C=O) groups is 1. The molecule has 2 aromatic rings. The minimum atomic E-state index is -4.01. The number of halogens is 1. The molecule has 2 aromatic carbocycles. The van der Waals surface area contributed by atoms with Crippen LogP contribution in [0, 0.1) is 5.82 Å². The number of ether oxygens (including phenoxy) is 1. The summed E-state index contributed by atoms with van der Waals surface area (Å²) in [5.74, 6) is -1.47. The molecular formula is C21H25FN2O4S. The van der Waals surface area contributed by atoms with E-state index in [1.165, 1.54) is 16.4 Å².